The first kappa shape index (κ1) is 18.9. The van der Waals surface area contributed by atoms with Crippen molar-refractivity contribution in [1.29, 1.82) is 5.26 Å². The van der Waals surface area contributed by atoms with E-state index in [0.29, 0.717) is 5.69 Å². The molecule has 9 heteroatoms. The van der Waals surface area contributed by atoms with Gasteiger partial charge in [-0.25, -0.2) is 22.4 Å². The monoisotopic (exact) mass is 390 g/mol. The van der Waals surface area contributed by atoms with E-state index in [2.05, 4.69) is 5.32 Å². The van der Waals surface area contributed by atoms with Gasteiger partial charge in [-0.05, 0) is 36.8 Å². The van der Waals surface area contributed by atoms with Crippen molar-refractivity contribution in [3.05, 3.63) is 53.0 Å². The van der Waals surface area contributed by atoms with Gasteiger partial charge in [0.2, 0.25) is 0 Å². The molecule has 2 aliphatic heterocycles. The Hall–Kier alpha value is -2.83. The van der Waals surface area contributed by atoms with E-state index in [0.717, 1.165) is 0 Å². The number of nitrogens with one attached hydrogen (secondary N) is 2. The second-order valence-corrected chi connectivity index (χ2v) is 8.72. The second-order valence-electron chi connectivity index (χ2n) is 6.49. The predicted molar refractivity (Wildman–Crippen MR) is 94.5 cm³/mol. The highest BCUT2D eigenvalue weighted by Crippen LogP contribution is 2.20. The molecule has 1 saturated heterocycles. The zero-order valence-corrected chi connectivity index (χ0v) is 15.3. The number of quaternary nitrogens is 1. The van der Waals surface area contributed by atoms with Crippen LogP contribution in [-0.4, -0.2) is 37.8 Å². The van der Waals surface area contributed by atoms with Crippen LogP contribution >= 0.6 is 0 Å². The molecule has 0 aromatic heterocycles. The van der Waals surface area contributed by atoms with Crippen molar-refractivity contribution in [2.45, 2.75) is 19.4 Å². The molecule has 0 saturated carbocycles. The lowest BCUT2D eigenvalue weighted by molar-refractivity contribution is -0.761. The molecule has 2 aliphatic rings. The standard InChI is InChI=1S/C18H16FN3O4S/c1-11-15(8-20)17(23)22(14-6-7-27(25,26)10-14)18(24)16(11)9-21-13-4-2-12(19)3-5-13/h2-5,9,14,21H,6-7,10H2,1H3/p+1/b16-9+/t14-/m1/s1. The van der Waals surface area contributed by atoms with E-state index in [1.54, 1.807) is 0 Å². The van der Waals surface area contributed by atoms with Gasteiger partial charge in [0, 0.05) is 18.3 Å². The summed E-state index contributed by atoms with van der Waals surface area (Å²) in [6.45, 7) is 1.49. The first-order valence-corrected chi connectivity index (χ1v) is 10.1. The number of carbonyl (C=O) groups excluding carboxylic acids is 2. The van der Waals surface area contributed by atoms with Crippen LogP contribution in [0.15, 0.2) is 47.2 Å². The van der Waals surface area contributed by atoms with Gasteiger partial charge in [-0.2, -0.15) is 10.2 Å². The molecule has 27 heavy (non-hydrogen) atoms. The molecule has 1 aromatic carbocycles. The molecule has 2 N–H and O–H groups in total. The van der Waals surface area contributed by atoms with Crippen molar-refractivity contribution < 1.29 is 27.3 Å². The zero-order chi connectivity index (χ0) is 19.8. The van der Waals surface area contributed by atoms with Crippen molar-refractivity contribution in [1.82, 2.24) is 0 Å². The fourth-order valence-corrected chi connectivity index (χ4v) is 5.02. The molecule has 1 fully saturated rings. The number of nitriles is 1. The highest BCUT2D eigenvalue weighted by atomic mass is 32.2. The average molecular weight is 390 g/mol. The van der Waals surface area contributed by atoms with E-state index in [-0.39, 0.29) is 39.5 Å². The van der Waals surface area contributed by atoms with Gasteiger partial charge in [0.15, 0.2) is 15.4 Å². The van der Waals surface area contributed by atoms with Crippen molar-refractivity contribution in [3.8, 4) is 6.07 Å². The largest absolute Gasteiger partial charge is 0.363 e. The first-order valence-electron chi connectivity index (χ1n) is 8.24. The van der Waals surface area contributed by atoms with Gasteiger partial charge in [0.05, 0.1) is 5.75 Å². The molecule has 140 valence electrons. The van der Waals surface area contributed by atoms with Crippen LogP contribution in [0.4, 0.5) is 10.1 Å². The third-order valence-corrected chi connectivity index (χ3v) is 6.49. The lowest BCUT2D eigenvalue weighted by atomic mass is 9.94. The van der Waals surface area contributed by atoms with Gasteiger partial charge in [-0.15, -0.1) is 0 Å². The van der Waals surface area contributed by atoms with Gasteiger partial charge in [0.25, 0.3) is 0 Å². The molecule has 1 unspecified atom stereocenters. The first-order chi connectivity index (χ1) is 12.7. The number of hydrogen-bond donors (Lipinski definition) is 2. The Bertz CT molecular complexity index is 1020. The van der Waals surface area contributed by atoms with Crippen LogP contribution in [0, 0.1) is 17.1 Å². The van der Waals surface area contributed by atoms with Crippen LogP contribution in [0.2, 0.25) is 0 Å². The summed E-state index contributed by atoms with van der Waals surface area (Å²) >= 11 is 0. The quantitative estimate of drug-likeness (QED) is 0.560. The summed E-state index contributed by atoms with van der Waals surface area (Å²) in [4.78, 5) is 25.4. The summed E-state index contributed by atoms with van der Waals surface area (Å²) in [7, 11) is -3.30. The smallest absolute Gasteiger partial charge is 0.361 e. The van der Waals surface area contributed by atoms with Crippen molar-refractivity contribution in [3.63, 3.8) is 0 Å². The highest BCUT2D eigenvalue weighted by Gasteiger charge is 2.48. The molecule has 2 amide bonds. The molecular formula is C18H17FN3O4S+. The number of benzene rings is 1. The highest BCUT2D eigenvalue weighted by molar-refractivity contribution is 7.91. The Balaban J connectivity index is 1.97. The maximum Gasteiger partial charge on any atom is 0.363 e. The summed E-state index contributed by atoms with van der Waals surface area (Å²) in [6.07, 6.45) is 1.55. The SMILES string of the molecule is CC1=C(C#N)C(=O)[NH+]([C@@H]2CCS(=O)(=O)C2)C(=O)/C1=C/Nc1ccc(F)cc1. The number of amides is 2. The topological polar surface area (TPSA) is 109 Å². The van der Waals surface area contributed by atoms with Gasteiger partial charge in [-0.3, -0.25) is 0 Å². The molecule has 2 atom stereocenters. The molecular weight excluding hydrogens is 373 g/mol. The maximum absolute atomic E-state index is 13.0. The number of anilines is 1. The van der Waals surface area contributed by atoms with E-state index < -0.39 is 33.5 Å². The van der Waals surface area contributed by atoms with Gasteiger partial charge in [0.1, 0.15) is 29.3 Å². The second kappa shape index (κ2) is 7.06. The summed E-state index contributed by atoms with van der Waals surface area (Å²) in [5.41, 5.74) is 0.701. The molecule has 7 nitrogen and oxygen atoms in total. The minimum absolute atomic E-state index is 0.0841. The molecule has 0 spiro atoms. The van der Waals surface area contributed by atoms with Crippen LogP contribution in [0.25, 0.3) is 0 Å². The van der Waals surface area contributed by atoms with Crippen molar-refractivity contribution in [2.24, 2.45) is 0 Å². The fraction of sp³-hybridized carbons (Fsp3) is 0.278. The number of imide groups is 1. The molecule has 0 aliphatic carbocycles. The third kappa shape index (κ3) is 3.67. The average Bonchev–Trinajstić information content (AvgIpc) is 2.96. The Morgan fingerprint density at radius 2 is 1.93 bits per heavy atom. The number of sulfone groups is 1. The Morgan fingerprint density at radius 3 is 2.48 bits per heavy atom. The maximum atomic E-state index is 13.0. The van der Waals surface area contributed by atoms with E-state index in [4.69, 9.17) is 0 Å². The number of carbonyl (C=O) groups is 2. The number of nitrogens with zero attached hydrogens (tertiary/aromatic N) is 1. The third-order valence-electron chi connectivity index (χ3n) is 4.72. The minimum atomic E-state index is -3.30. The van der Waals surface area contributed by atoms with Crippen LogP contribution in [-0.2, 0) is 19.4 Å². The Labute approximate surface area is 155 Å². The predicted octanol–water partition coefficient (Wildman–Crippen LogP) is 0.100. The molecule has 0 radical (unpaired) electrons. The van der Waals surface area contributed by atoms with Crippen LogP contribution in [0.5, 0.6) is 0 Å². The van der Waals surface area contributed by atoms with E-state index in [9.17, 15) is 27.7 Å². The lowest BCUT2D eigenvalue weighted by Gasteiger charge is -2.25. The van der Waals surface area contributed by atoms with Crippen LogP contribution in [0.3, 0.4) is 0 Å². The van der Waals surface area contributed by atoms with Gasteiger partial charge < -0.3 is 5.32 Å². The van der Waals surface area contributed by atoms with Crippen molar-refractivity contribution >= 4 is 27.3 Å². The molecule has 3 rings (SSSR count). The summed E-state index contributed by atoms with van der Waals surface area (Å²) in [6, 6.07) is 6.56. The number of rotatable bonds is 3. The lowest BCUT2D eigenvalue weighted by Crippen LogP contribution is -3.21. The summed E-state index contributed by atoms with van der Waals surface area (Å²) in [5.74, 6) is -2.03. The molecule has 0 bridgehead atoms. The number of halogens is 1. The molecule has 2 heterocycles. The Morgan fingerprint density at radius 1 is 1.26 bits per heavy atom. The summed E-state index contributed by atoms with van der Waals surface area (Å²) in [5, 5.41) is 12.2. The Kier molecular flexibility index (Phi) is 4.95. The normalized spacial score (nSPS) is 26.3. The molecule has 1 aromatic rings. The van der Waals surface area contributed by atoms with Crippen LogP contribution < -0.4 is 10.2 Å². The fourth-order valence-electron chi connectivity index (χ4n) is 3.26. The number of hydrogen-bond acceptors (Lipinski definition) is 6. The van der Waals surface area contributed by atoms with E-state index in [1.165, 1.54) is 37.4 Å². The summed E-state index contributed by atoms with van der Waals surface area (Å²) < 4.78 is 36.5. The zero-order valence-electron chi connectivity index (χ0n) is 14.5. The van der Waals surface area contributed by atoms with E-state index >= 15 is 0 Å². The minimum Gasteiger partial charge on any atom is -0.361 e. The van der Waals surface area contributed by atoms with Crippen molar-refractivity contribution in [2.75, 3.05) is 16.8 Å². The van der Waals surface area contributed by atoms with Crippen LogP contribution in [0.1, 0.15) is 13.3 Å². The van der Waals surface area contributed by atoms with Gasteiger partial charge >= 0.3 is 11.8 Å². The van der Waals surface area contributed by atoms with E-state index in [1.807, 2.05) is 6.07 Å². The van der Waals surface area contributed by atoms with Gasteiger partial charge in [-0.1, -0.05) is 0 Å².